The summed E-state index contributed by atoms with van der Waals surface area (Å²) < 4.78 is 11.6. The summed E-state index contributed by atoms with van der Waals surface area (Å²) in [5.74, 6) is -3.49. The summed E-state index contributed by atoms with van der Waals surface area (Å²) in [5, 5.41) is 58.6. The molecular formula is C21H17NO10. The first-order chi connectivity index (χ1) is 15.1. The zero-order valence-electron chi connectivity index (χ0n) is 16.2. The average Bonchev–Trinajstić information content (AvgIpc) is 2.73. The van der Waals surface area contributed by atoms with Gasteiger partial charge < -0.3 is 40.2 Å². The lowest BCUT2D eigenvalue weighted by Crippen LogP contribution is -2.35. The minimum absolute atomic E-state index is 0.0785. The fourth-order valence-corrected chi connectivity index (χ4v) is 3.43. The number of rotatable bonds is 3. The van der Waals surface area contributed by atoms with Gasteiger partial charge in [-0.05, 0) is 18.2 Å². The highest BCUT2D eigenvalue weighted by Gasteiger charge is 2.37. The Balaban J connectivity index is 1.75. The highest BCUT2D eigenvalue weighted by molar-refractivity contribution is 5.89. The molecule has 0 saturated carbocycles. The fraction of sp³-hybridized carbons (Fsp3) is 0.143. The van der Waals surface area contributed by atoms with Crippen molar-refractivity contribution in [1.29, 1.82) is 0 Å². The van der Waals surface area contributed by atoms with Crippen molar-refractivity contribution in [3.63, 3.8) is 0 Å². The van der Waals surface area contributed by atoms with Crippen LogP contribution >= 0.6 is 0 Å². The molecule has 11 heteroatoms. The maximum atomic E-state index is 12.6. The van der Waals surface area contributed by atoms with Gasteiger partial charge in [-0.3, -0.25) is 4.79 Å². The van der Waals surface area contributed by atoms with Crippen LogP contribution in [0, 0.1) is 0 Å². The first-order valence-corrected chi connectivity index (χ1v) is 9.23. The van der Waals surface area contributed by atoms with Crippen LogP contribution in [0.25, 0.3) is 0 Å². The molecule has 0 bridgehead atoms. The van der Waals surface area contributed by atoms with Gasteiger partial charge in [-0.25, -0.2) is 4.79 Å². The van der Waals surface area contributed by atoms with Crippen molar-refractivity contribution in [3.8, 4) is 34.5 Å². The molecule has 32 heavy (non-hydrogen) atoms. The molecule has 6 N–H and O–H groups in total. The van der Waals surface area contributed by atoms with Crippen molar-refractivity contribution in [1.82, 2.24) is 4.73 Å². The lowest BCUT2D eigenvalue weighted by atomic mass is 9.93. The van der Waals surface area contributed by atoms with Gasteiger partial charge in [0.05, 0.1) is 5.56 Å². The minimum atomic E-state index is -1.14. The van der Waals surface area contributed by atoms with Crippen molar-refractivity contribution < 1.29 is 45.0 Å². The number of hydrogen-bond donors (Lipinski definition) is 6. The van der Waals surface area contributed by atoms with Crippen LogP contribution in [0.5, 0.6) is 34.5 Å². The summed E-state index contributed by atoms with van der Waals surface area (Å²) in [6.07, 6.45) is -1.38. The third-order valence-electron chi connectivity index (χ3n) is 4.98. The van der Waals surface area contributed by atoms with E-state index >= 15 is 0 Å². The number of aromatic nitrogens is 1. The molecule has 0 amide bonds. The zero-order chi connectivity index (χ0) is 23.2. The van der Waals surface area contributed by atoms with Gasteiger partial charge in [0.15, 0.2) is 23.4 Å². The molecular weight excluding hydrogens is 426 g/mol. The van der Waals surface area contributed by atoms with E-state index in [2.05, 4.69) is 0 Å². The lowest BCUT2D eigenvalue weighted by Gasteiger charge is -2.34. The van der Waals surface area contributed by atoms with Crippen molar-refractivity contribution in [3.05, 3.63) is 69.6 Å². The third kappa shape index (κ3) is 3.67. The minimum Gasteiger partial charge on any atom is -0.508 e. The van der Waals surface area contributed by atoms with Crippen LogP contribution in [0.4, 0.5) is 0 Å². The molecule has 4 rings (SSSR count). The number of esters is 1. The molecule has 1 aliphatic rings. The van der Waals surface area contributed by atoms with E-state index in [1.807, 2.05) is 0 Å². The second kappa shape index (κ2) is 7.61. The Bertz CT molecular complexity index is 1260. The Labute approximate surface area is 179 Å². The van der Waals surface area contributed by atoms with Crippen LogP contribution in [0.3, 0.4) is 0 Å². The SMILES string of the molecule is O=C(O[C@@H]1Cc2c(O)cc(O)cc2O[C@@H]1c1cc(O)c(O)c(O)c1)c1ccn(O)c(=O)c1. The molecule has 11 nitrogen and oxygen atoms in total. The van der Waals surface area contributed by atoms with E-state index in [4.69, 9.17) is 9.47 Å². The van der Waals surface area contributed by atoms with Crippen molar-refractivity contribution >= 4 is 5.97 Å². The molecule has 1 aromatic heterocycles. The Morgan fingerprint density at radius 3 is 2.34 bits per heavy atom. The van der Waals surface area contributed by atoms with E-state index in [1.54, 1.807) is 0 Å². The van der Waals surface area contributed by atoms with Crippen LogP contribution < -0.4 is 10.3 Å². The number of benzene rings is 2. The highest BCUT2D eigenvalue weighted by atomic mass is 16.6. The molecule has 0 aliphatic carbocycles. The number of carbonyl (C=O) groups excluding carboxylic acids is 1. The predicted molar refractivity (Wildman–Crippen MR) is 105 cm³/mol. The molecule has 0 unspecified atom stereocenters. The summed E-state index contributed by atoms with van der Waals surface area (Å²) >= 11 is 0. The third-order valence-corrected chi connectivity index (χ3v) is 4.98. The molecule has 0 fully saturated rings. The van der Waals surface area contributed by atoms with E-state index in [0.29, 0.717) is 0 Å². The Morgan fingerprint density at radius 1 is 1.00 bits per heavy atom. The van der Waals surface area contributed by atoms with Gasteiger partial charge in [-0.15, -0.1) is 0 Å². The number of phenolic OH excluding ortho intramolecular Hbond substituents is 5. The van der Waals surface area contributed by atoms with Gasteiger partial charge in [-0.1, -0.05) is 0 Å². The lowest BCUT2D eigenvalue weighted by molar-refractivity contribution is -0.0189. The predicted octanol–water partition coefficient (Wildman–Crippen LogP) is 1.52. The van der Waals surface area contributed by atoms with E-state index in [1.165, 1.54) is 6.07 Å². The normalized spacial score (nSPS) is 17.2. The molecule has 2 heterocycles. The molecule has 0 saturated heterocycles. The molecule has 0 spiro atoms. The summed E-state index contributed by atoms with van der Waals surface area (Å²) in [6.45, 7) is 0. The number of nitrogens with zero attached hydrogens (tertiary/aromatic N) is 1. The van der Waals surface area contributed by atoms with Crippen LogP contribution in [-0.4, -0.2) is 47.5 Å². The molecule has 2 aromatic carbocycles. The maximum absolute atomic E-state index is 12.6. The van der Waals surface area contributed by atoms with Gasteiger partial charge in [0, 0.05) is 41.9 Å². The Morgan fingerprint density at radius 2 is 1.69 bits per heavy atom. The van der Waals surface area contributed by atoms with Crippen molar-refractivity contribution in [2.75, 3.05) is 0 Å². The summed E-state index contributed by atoms with van der Waals surface area (Å²) in [5.41, 5.74) is -0.663. The molecule has 2 atom stereocenters. The highest BCUT2D eigenvalue weighted by Crippen LogP contribution is 2.45. The maximum Gasteiger partial charge on any atom is 0.338 e. The first-order valence-electron chi connectivity index (χ1n) is 9.23. The van der Waals surface area contributed by atoms with Crippen molar-refractivity contribution in [2.24, 2.45) is 0 Å². The second-order valence-electron chi connectivity index (χ2n) is 7.13. The Kier molecular flexibility index (Phi) is 4.93. The number of ether oxygens (including phenoxy) is 2. The standard InChI is InChI=1S/C21H17NO10/c23-11-6-13(24)12-8-17(32-21(29)9-1-2-22(30)18(27)5-9)20(31-16(12)7-11)10-3-14(25)19(28)15(26)4-10/h1-7,17,20,23-26,28,30H,8H2/t17-,20-/m1/s1. The number of fused-ring (bicyclic) bond motifs is 1. The average molecular weight is 443 g/mol. The van der Waals surface area contributed by atoms with Crippen molar-refractivity contribution in [2.45, 2.75) is 18.6 Å². The molecule has 0 radical (unpaired) electrons. The van der Waals surface area contributed by atoms with E-state index < -0.39 is 41.0 Å². The summed E-state index contributed by atoms with van der Waals surface area (Å²) in [6, 6.07) is 6.54. The molecule has 166 valence electrons. The van der Waals surface area contributed by atoms with E-state index in [0.717, 1.165) is 36.5 Å². The second-order valence-corrected chi connectivity index (χ2v) is 7.13. The quantitative estimate of drug-likeness (QED) is 0.197. The van der Waals surface area contributed by atoms with Crippen LogP contribution in [-0.2, 0) is 11.2 Å². The number of hydrogen-bond acceptors (Lipinski definition) is 10. The van der Waals surface area contributed by atoms with Gasteiger partial charge in [0.2, 0.25) is 0 Å². The Hall–Kier alpha value is -4.54. The van der Waals surface area contributed by atoms with Crippen LogP contribution in [0.15, 0.2) is 47.4 Å². The number of pyridine rings is 1. The van der Waals surface area contributed by atoms with Gasteiger partial charge in [0.25, 0.3) is 5.56 Å². The molecule has 1 aliphatic heterocycles. The summed E-state index contributed by atoms with van der Waals surface area (Å²) in [7, 11) is 0. The van der Waals surface area contributed by atoms with Gasteiger partial charge >= 0.3 is 5.97 Å². The summed E-state index contributed by atoms with van der Waals surface area (Å²) in [4.78, 5) is 24.3. The number of phenols is 5. The number of carbonyl (C=O) groups is 1. The van der Waals surface area contributed by atoms with E-state index in [-0.39, 0.29) is 45.1 Å². The largest absolute Gasteiger partial charge is 0.508 e. The number of aromatic hydroxyl groups is 5. The molecule has 3 aromatic rings. The zero-order valence-corrected chi connectivity index (χ0v) is 16.2. The van der Waals surface area contributed by atoms with Gasteiger partial charge in [0.1, 0.15) is 23.4 Å². The monoisotopic (exact) mass is 443 g/mol. The van der Waals surface area contributed by atoms with Crippen LogP contribution in [0.1, 0.15) is 27.6 Å². The van der Waals surface area contributed by atoms with E-state index in [9.17, 15) is 40.3 Å². The van der Waals surface area contributed by atoms with Crippen LogP contribution in [0.2, 0.25) is 0 Å². The first kappa shape index (κ1) is 20.7. The smallest absolute Gasteiger partial charge is 0.338 e. The van der Waals surface area contributed by atoms with Gasteiger partial charge in [-0.2, -0.15) is 4.73 Å². The topological polar surface area (TPSA) is 179 Å². The fourth-order valence-electron chi connectivity index (χ4n) is 3.43.